The summed E-state index contributed by atoms with van der Waals surface area (Å²) in [6, 6.07) is 23.9. The number of hydrogen-bond acceptors (Lipinski definition) is 4. The predicted octanol–water partition coefficient (Wildman–Crippen LogP) is 6.03. The first kappa shape index (κ1) is 23.6. The fraction of sp³-hybridized carbons (Fsp3) is 0.0741. The fourth-order valence-electron chi connectivity index (χ4n) is 3.56. The standard InChI is InChI=1S/C27H21Cl2N3O2/c28-21-11-12-23(24(29)15-21)25(33)14-19(26(34)16-30)13-20-17-32(22-9-5-2-6-10-22)31-27(20)18-7-3-1-4-8-18/h1-13,15,17H,14,16,30H2/b19-13-. The number of benzene rings is 3. The highest BCUT2D eigenvalue weighted by Gasteiger charge is 2.19. The third-order valence-electron chi connectivity index (χ3n) is 5.27. The zero-order valence-corrected chi connectivity index (χ0v) is 19.6. The van der Waals surface area contributed by atoms with E-state index in [4.69, 9.17) is 34.0 Å². The van der Waals surface area contributed by atoms with Crippen molar-refractivity contribution >= 4 is 40.8 Å². The van der Waals surface area contributed by atoms with Gasteiger partial charge in [0.1, 0.15) is 0 Å². The van der Waals surface area contributed by atoms with Crippen molar-refractivity contribution in [2.24, 2.45) is 5.73 Å². The van der Waals surface area contributed by atoms with Gasteiger partial charge in [0.25, 0.3) is 0 Å². The van der Waals surface area contributed by atoms with Crippen LogP contribution in [0.1, 0.15) is 22.3 Å². The molecular weight excluding hydrogens is 469 g/mol. The van der Waals surface area contributed by atoms with E-state index in [0.717, 1.165) is 11.3 Å². The number of para-hydroxylation sites is 1. The Morgan fingerprint density at radius 1 is 0.941 bits per heavy atom. The summed E-state index contributed by atoms with van der Waals surface area (Å²) >= 11 is 12.2. The number of aromatic nitrogens is 2. The van der Waals surface area contributed by atoms with Crippen molar-refractivity contribution in [3.63, 3.8) is 0 Å². The lowest BCUT2D eigenvalue weighted by atomic mass is 9.97. The molecule has 34 heavy (non-hydrogen) atoms. The molecule has 2 N–H and O–H groups in total. The largest absolute Gasteiger partial charge is 0.324 e. The minimum absolute atomic E-state index is 0.151. The van der Waals surface area contributed by atoms with Crippen molar-refractivity contribution < 1.29 is 9.59 Å². The second-order valence-electron chi connectivity index (χ2n) is 7.60. The highest BCUT2D eigenvalue weighted by Crippen LogP contribution is 2.28. The van der Waals surface area contributed by atoms with E-state index in [1.165, 1.54) is 6.07 Å². The van der Waals surface area contributed by atoms with Crippen molar-refractivity contribution in [2.45, 2.75) is 6.42 Å². The SMILES string of the molecule is NCC(=O)/C(=C\c1cn(-c2ccccc2)nc1-c1ccccc1)CC(=O)c1ccc(Cl)cc1Cl. The molecule has 0 aliphatic rings. The number of halogens is 2. The molecule has 0 radical (unpaired) electrons. The molecule has 3 aromatic carbocycles. The van der Waals surface area contributed by atoms with Gasteiger partial charge in [-0.1, -0.05) is 71.7 Å². The van der Waals surface area contributed by atoms with E-state index in [2.05, 4.69) is 0 Å². The number of ketones is 2. The zero-order chi connectivity index (χ0) is 24.1. The first-order valence-corrected chi connectivity index (χ1v) is 11.3. The molecule has 1 heterocycles. The summed E-state index contributed by atoms with van der Waals surface area (Å²) in [5.41, 5.74) is 9.38. The van der Waals surface area contributed by atoms with E-state index in [9.17, 15) is 9.59 Å². The Morgan fingerprint density at radius 3 is 2.26 bits per heavy atom. The third-order valence-corrected chi connectivity index (χ3v) is 5.81. The number of Topliss-reactive ketones (excluding diaryl/α,β-unsaturated/α-hetero) is 2. The highest BCUT2D eigenvalue weighted by atomic mass is 35.5. The van der Waals surface area contributed by atoms with Gasteiger partial charge in [-0.2, -0.15) is 5.10 Å². The summed E-state index contributed by atoms with van der Waals surface area (Å²) < 4.78 is 1.75. The Labute approximate surface area is 207 Å². The summed E-state index contributed by atoms with van der Waals surface area (Å²) in [4.78, 5) is 25.7. The molecule has 0 unspecified atom stereocenters. The van der Waals surface area contributed by atoms with E-state index in [1.54, 1.807) is 22.9 Å². The normalized spacial score (nSPS) is 11.4. The quantitative estimate of drug-likeness (QED) is 0.242. The maximum Gasteiger partial charge on any atom is 0.172 e. The molecule has 0 aliphatic carbocycles. The number of nitrogens with two attached hydrogens (primary N) is 1. The molecule has 0 amide bonds. The molecule has 4 aromatic rings. The highest BCUT2D eigenvalue weighted by molar-refractivity contribution is 6.37. The molecule has 0 saturated carbocycles. The number of carbonyl (C=O) groups is 2. The summed E-state index contributed by atoms with van der Waals surface area (Å²) in [6.07, 6.45) is 3.37. The van der Waals surface area contributed by atoms with Crippen molar-refractivity contribution in [3.05, 3.63) is 112 Å². The van der Waals surface area contributed by atoms with Crippen LogP contribution in [-0.4, -0.2) is 27.9 Å². The van der Waals surface area contributed by atoms with Crippen LogP contribution in [0.2, 0.25) is 10.0 Å². The van der Waals surface area contributed by atoms with Crippen LogP contribution in [0.4, 0.5) is 0 Å². The molecule has 0 aliphatic heterocycles. The van der Waals surface area contributed by atoms with Crippen LogP contribution >= 0.6 is 23.2 Å². The lowest BCUT2D eigenvalue weighted by Crippen LogP contribution is -2.18. The third kappa shape index (κ3) is 5.34. The van der Waals surface area contributed by atoms with Crippen LogP contribution in [0.3, 0.4) is 0 Å². The van der Waals surface area contributed by atoms with Gasteiger partial charge in [-0.3, -0.25) is 9.59 Å². The maximum absolute atomic E-state index is 13.0. The number of carbonyl (C=O) groups excluding carboxylic acids is 2. The molecule has 0 spiro atoms. The number of hydrogen-bond donors (Lipinski definition) is 1. The first-order valence-electron chi connectivity index (χ1n) is 10.6. The summed E-state index contributed by atoms with van der Waals surface area (Å²) in [6.45, 7) is -0.221. The Balaban J connectivity index is 1.78. The molecule has 5 nitrogen and oxygen atoms in total. The van der Waals surface area contributed by atoms with Crippen LogP contribution in [0.15, 0.2) is 90.6 Å². The number of rotatable bonds is 8. The Morgan fingerprint density at radius 2 is 1.62 bits per heavy atom. The predicted molar refractivity (Wildman–Crippen MR) is 136 cm³/mol. The average Bonchev–Trinajstić information content (AvgIpc) is 3.28. The van der Waals surface area contributed by atoms with Crippen LogP contribution in [-0.2, 0) is 4.79 Å². The molecule has 4 rings (SSSR count). The molecule has 0 atom stereocenters. The zero-order valence-electron chi connectivity index (χ0n) is 18.1. The van der Waals surface area contributed by atoms with Gasteiger partial charge < -0.3 is 5.73 Å². The summed E-state index contributed by atoms with van der Waals surface area (Å²) in [5.74, 6) is -0.628. The summed E-state index contributed by atoms with van der Waals surface area (Å²) in [7, 11) is 0. The lowest BCUT2D eigenvalue weighted by molar-refractivity contribution is -0.114. The van der Waals surface area contributed by atoms with E-state index < -0.39 is 0 Å². The van der Waals surface area contributed by atoms with E-state index >= 15 is 0 Å². The Hall–Kier alpha value is -3.51. The van der Waals surface area contributed by atoms with Crippen LogP contribution in [0, 0.1) is 0 Å². The van der Waals surface area contributed by atoms with Crippen molar-refractivity contribution in [3.8, 4) is 16.9 Å². The van der Waals surface area contributed by atoms with Crippen LogP contribution < -0.4 is 5.73 Å². The van der Waals surface area contributed by atoms with Gasteiger partial charge in [0, 0.05) is 39.9 Å². The van der Waals surface area contributed by atoms with Gasteiger partial charge in [0.2, 0.25) is 0 Å². The van der Waals surface area contributed by atoms with E-state index in [1.807, 2.05) is 66.9 Å². The monoisotopic (exact) mass is 489 g/mol. The second kappa shape index (κ2) is 10.6. The molecule has 170 valence electrons. The fourth-order valence-corrected chi connectivity index (χ4v) is 4.07. The number of nitrogens with zero attached hydrogens (tertiary/aromatic N) is 2. The van der Waals surface area contributed by atoms with E-state index in [-0.39, 0.29) is 35.1 Å². The lowest BCUT2D eigenvalue weighted by Gasteiger charge is -2.07. The van der Waals surface area contributed by atoms with Crippen molar-refractivity contribution in [1.29, 1.82) is 0 Å². The smallest absolute Gasteiger partial charge is 0.172 e. The first-order chi connectivity index (χ1) is 16.5. The van der Waals surface area contributed by atoms with Gasteiger partial charge in [0.05, 0.1) is 22.9 Å². The molecule has 0 saturated heterocycles. The van der Waals surface area contributed by atoms with Crippen LogP contribution in [0.25, 0.3) is 23.0 Å². The Bertz CT molecular complexity index is 1360. The minimum atomic E-state index is -0.329. The van der Waals surface area contributed by atoms with Gasteiger partial charge in [0.15, 0.2) is 11.6 Å². The molecular formula is C27H21Cl2N3O2. The molecule has 1 aromatic heterocycles. The molecule has 7 heteroatoms. The van der Waals surface area contributed by atoms with Gasteiger partial charge >= 0.3 is 0 Å². The van der Waals surface area contributed by atoms with Crippen molar-refractivity contribution in [2.75, 3.05) is 6.54 Å². The van der Waals surface area contributed by atoms with Gasteiger partial charge in [-0.25, -0.2) is 4.68 Å². The van der Waals surface area contributed by atoms with Gasteiger partial charge in [-0.05, 0) is 36.4 Å². The summed E-state index contributed by atoms with van der Waals surface area (Å²) in [5, 5.41) is 5.42. The van der Waals surface area contributed by atoms with Crippen molar-refractivity contribution in [1.82, 2.24) is 9.78 Å². The maximum atomic E-state index is 13.0. The van der Waals surface area contributed by atoms with E-state index in [0.29, 0.717) is 21.8 Å². The van der Waals surface area contributed by atoms with Gasteiger partial charge in [-0.15, -0.1) is 0 Å². The topological polar surface area (TPSA) is 78.0 Å². The average molecular weight is 490 g/mol. The Kier molecular flexibility index (Phi) is 7.38. The minimum Gasteiger partial charge on any atom is -0.324 e. The molecule has 0 fully saturated rings. The van der Waals surface area contributed by atoms with Crippen LogP contribution in [0.5, 0.6) is 0 Å². The second-order valence-corrected chi connectivity index (χ2v) is 8.44. The molecule has 0 bridgehead atoms.